The summed E-state index contributed by atoms with van der Waals surface area (Å²) >= 11 is 5.96. The third-order valence-corrected chi connectivity index (χ3v) is 5.50. The molecule has 3 heterocycles. The van der Waals surface area contributed by atoms with E-state index < -0.39 is 0 Å². The van der Waals surface area contributed by atoms with Gasteiger partial charge in [0.15, 0.2) is 5.82 Å². The number of fused-ring (bicyclic) bond motifs is 1. The number of carbonyl (C=O) groups is 1. The van der Waals surface area contributed by atoms with Crippen molar-refractivity contribution in [2.75, 3.05) is 18.0 Å². The van der Waals surface area contributed by atoms with E-state index in [1.807, 2.05) is 42.5 Å². The Balaban J connectivity index is 1.24. The number of amides is 1. The van der Waals surface area contributed by atoms with Gasteiger partial charge in [0.05, 0.1) is 23.1 Å². The molecule has 1 unspecified atom stereocenters. The molecule has 1 atom stereocenters. The van der Waals surface area contributed by atoms with Gasteiger partial charge in [0, 0.05) is 35.8 Å². The molecule has 8 heteroatoms. The molecule has 29 heavy (non-hydrogen) atoms. The lowest BCUT2D eigenvalue weighted by Gasteiger charge is -2.16. The molecule has 1 aliphatic rings. The number of hydrogen-bond acceptors (Lipinski definition) is 4. The van der Waals surface area contributed by atoms with Crippen molar-refractivity contribution < 1.29 is 4.79 Å². The number of imidazole rings is 1. The van der Waals surface area contributed by atoms with Gasteiger partial charge in [-0.15, -0.1) is 0 Å². The highest BCUT2D eigenvalue weighted by atomic mass is 35.5. The Morgan fingerprint density at radius 1 is 1.17 bits per heavy atom. The lowest BCUT2D eigenvalue weighted by Crippen LogP contribution is -2.37. The van der Waals surface area contributed by atoms with Crippen LogP contribution in [0.1, 0.15) is 16.8 Å². The van der Waals surface area contributed by atoms with Crippen molar-refractivity contribution in [3.8, 4) is 11.3 Å². The monoisotopic (exact) mass is 406 g/mol. The minimum Gasteiger partial charge on any atom is -0.353 e. The molecule has 3 N–H and O–H groups in total. The molecule has 2 aromatic heterocycles. The Morgan fingerprint density at radius 2 is 2.03 bits per heavy atom. The highest BCUT2D eigenvalue weighted by Crippen LogP contribution is 2.25. The van der Waals surface area contributed by atoms with Crippen molar-refractivity contribution in [2.45, 2.75) is 12.5 Å². The number of aromatic amines is 2. The SMILES string of the molecule is O=C(NC1CCN(c2cc(-c3ccc(Cl)cc3)[nH]n2)C1)c1ccc2nc[nH]c2c1. The molecular weight excluding hydrogens is 388 g/mol. The Kier molecular flexibility index (Phi) is 4.44. The summed E-state index contributed by atoms with van der Waals surface area (Å²) < 4.78 is 0. The predicted molar refractivity (Wildman–Crippen MR) is 113 cm³/mol. The maximum Gasteiger partial charge on any atom is 0.251 e. The van der Waals surface area contributed by atoms with Crippen molar-refractivity contribution >= 4 is 34.4 Å². The fraction of sp³-hybridized carbons (Fsp3) is 0.190. The van der Waals surface area contributed by atoms with Gasteiger partial charge >= 0.3 is 0 Å². The van der Waals surface area contributed by atoms with E-state index in [4.69, 9.17) is 11.6 Å². The zero-order chi connectivity index (χ0) is 19.8. The van der Waals surface area contributed by atoms with Crippen LogP contribution in [0.3, 0.4) is 0 Å². The highest BCUT2D eigenvalue weighted by molar-refractivity contribution is 6.30. The van der Waals surface area contributed by atoms with Crippen molar-refractivity contribution in [1.29, 1.82) is 0 Å². The molecule has 0 aliphatic carbocycles. The number of rotatable bonds is 4. The first-order valence-corrected chi connectivity index (χ1v) is 9.84. The van der Waals surface area contributed by atoms with Gasteiger partial charge in [-0.3, -0.25) is 9.89 Å². The van der Waals surface area contributed by atoms with E-state index in [0.717, 1.165) is 47.6 Å². The number of aromatic nitrogens is 4. The number of nitrogens with zero attached hydrogens (tertiary/aromatic N) is 3. The van der Waals surface area contributed by atoms with Crippen LogP contribution in [0, 0.1) is 0 Å². The van der Waals surface area contributed by atoms with E-state index in [9.17, 15) is 4.79 Å². The zero-order valence-electron chi connectivity index (χ0n) is 15.5. The molecule has 1 fully saturated rings. The quantitative estimate of drug-likeness (QED) is 0.483. The van der Waals surface area contributed by atoms with Crippen LogP contribution in [0.15, 0.2) is 54.9 Å². The minimum absolute atomic E-state index is 0.0720. The van der Waals surface area contributed by atoms with Crippen molar-refractivity contribution in [3.63, 3.8) is 0 Å². The Morgan fingerprint density at radius 3 is 2.90 bits per heavy atom. The van der Waals surface area contributed by atoms with E-state index in [-0.39, 0.29) is 11.9 Å². The molecular formula is C21H19ClN6O. The number of hydrogen-bond donors (Lipinski definition) is 3. The van der Waals surface area contributed by atoms with Crippen LogP contribution in [0.5, 0.6) is 0 Å². The van der Waals surface area contributed by atoms with Crippen LogP contribution in [-0.2, 0) is 0 Å². The minimum atomic E-state index is -0.0720. The molecule has 1 amide bonds. The predicted octanol–water partition coefficient (Wildman–Crippen LogP) is 3.62. The van der Waals surface area contributed by atoms with Crippen LogP contribution in [-0.4, -0.2) is 45.2 Å². The van der Waals surface area contributed by atoms with Gasteiger partial charge in [0.2, 0.25) is 0 Å². The molecule has 2 aromatic carbocycles. The maximum atomic E-state index is 12.6. The van der Waals surface area contributed by atoms with Crippen molar-refractivity contribution in [2.24, 2.45) is 0 Å². The normalized spacial score (nSPS) is 16.4. The van der Waals surface area contributed by atoms with Crippen LogP contribution in [0.25, 0.3) is 22.3 Å². The van der Waals surface area contributed by atoms with Crippen LogP contribution in [0.2, 0.25) is 5.02 Å². The first-order chi connectivity index (χ1) is 14.2. The highest BCUT2D eigenvalue weighted by Gasteiger charge is 2.26. The third-order valence-electron chi connectivity index (χ3n) is 5.25. The zero-order valence-corrected chi connectivity index (χ0v) is 16.3. The van der Waals surface area contributed by atoms with Crippen LogP contribution in [0.4, 0.5) is 5.82 Å². The summed E-state index contributed by atoms with van der Waals surface area (Å²) in [6, 6.07) is 15.2. The average Bonchev–Trinajstić information content (AvgIpc) is 3.48. The number of carbonyl (C=O) groups excluding carboxylic acids is 1. The lowest BCUT2D eigenvalue weighted by atomic mass is 10.1. The fourth-order valence-electron chi connectivity index (χ4n) is 3.68. The van der Waals surface area contributed by atoms with Gasteiger partial charge in [-0.2, -0.15) is 5.10 Å². The second-order valence-corrected chi connectivity index (χ2v) is 7.62. The van der Waals surface area contributed by atoms with Gasteiger partial charge in [0.25, 0.3) is 5.91 Å². The number of anilines is 1. The second-order valence-electron chi connectivity index (χ2n) is 7.19. The lowest BCUT2D eigenvalue weighted by molar-refractivity contribution is 0.0940. The topological polar surface area (TPSA) is 89.7 Å². The summed E-state index contributed by atoms with van der Waals surface area (Å²) in [6.07, 6.45) is 2.50. The van der Waals surface area contributed by atoms with E-state index in [1.54, 1.807) is 12.4 Å². The number of nitrogens with one attached hydrogen (secondary N) is 3. The summed E-state index contributed by atoms with van der Waals surface area (Å²) in [5.41, 5.74) is 4.31. The van der Waals surface area contributed by atoms with E-state index in [0.29, 0.717) is 10.6 Å². The van der Waals surface area contributed by atoms with Gasteiger partial charge in [-0.05, 0) is 42.3 Å². The molecule has 0 bridgehead atoms. The summed E-state index contributed by atoms with van der Waals surface area (Å²) in [4.78, 5) is 22.0. The fourth-order valence-corrected chi connectivity index (χ4v) is 3.81. The van der Waals surface area contributed by atoms with Gasteiger partial charge in [-0.1, -0.05) is 23.7 Å². The molecule has 0 radical (unpaired) electrons. The van der Waals surface area contributed by atoms with Crippen molar-refractivity contribution in [3.05, 3.63) is 65.4 Å². The molecule has 146 valence electrons. The number of benzene rings is 2. The van der Waals surface area contributed by atoms with E-state index >= 15 is 0 Å². The molecule has 0 saturated carbocycles. The number of halogens is 1. The van der Waals surface area contributed by atoms with Gasteiger partial charge in [-0.25, -0.2) is 4.98 Å². The molecule has 0 spiro atoms. The first-order valence-electron chi connectivity index (χ1n) is 9.46. The van der Waals surface area contributed by atoms with Crippen LogP contribution < -0.4 is 10.2 Å². The summed E-state index contributed by atoms with van der Waals surface area (Å²) in [6.45, 7) is 1.57. The molecule has 4 aromatic rings. The Labute approximate surface area is 172 Å². The van der Waals surface area contributed by atoms with Crippen LogP contribution >= 0.6 is 11.6 Å². The summed E-state index contributed by atoms with van der Waals surface area (Å²) in [5.74, 6) is 0.808. The first kappa shape index (κ1) is 17.8. The maximum absolute atomic E-state index is 12.6. The van der Waals surface area contributed by atoms with Gasteiger partial charge in [0.1, 0.15) is 0 Å². The van der Waals surface area contributed by atoms with Crippen molar-refractivity contribution in [1.82, 2.24) is 25.5 Å². The third kappa shape index (κ3) is 3.56. The molecule has 1 aliphatic heterocycles. The standard InChI is InChI=1S/C21H19ClN6O/c22-15-4-1-13(2-5-15)18-10-20(27-26-18)28-8-7-16(11-28)25-21(29)14-3-6-17-19(9-14)24-12-23-17/h1-6,9-10,12,16H,7-8,11H2,(H,23,24)(H,25,29)(H,26,27). The number of H-pyrrole nitrogens is 2. The Hall–Kier alpha value is -3.32. The second kappa shape index (κ2) is 7.25. The average molecular weight is 407 g/mol. The van der Waals surface area contributed by atoms with Gasteiger partial charge < -0.3 is 15.2 Å². The summed E-state index contributed by atoms with van der Waals surface area (Å²) in [5, 5.41) is 11.4. The summed E-state index contributed by atoms with van der Waals surface area (Å²) in [7, 11) is 0. The molecule has 5 rings (SSSR count). The smallest absolute Gasteiger partial charge is 0.251 e. The van der Waals surface area contributed by atoms with E-state index in [1.165, 1.54) is 0 Å². The molecule has 7 nitrogen and oxygen atoms in total. The Bertz CT molecular complexity index is 1170. The largest absolute Gasteiger partial charge is 0.353 e. The van der Waals surface area contributed by atoms with E-state index in [2.05, 4.69) is 30.4 Å². The molecule has 1 saturated heterocycles.